The molecule has 90 valence electrons. The van der Waals surface area contributed by atoms with Gasteiger partial charge in [0.15, 0.2) is 0 Å². The van der Waals surface area contributed by atoms with Crippen LogP contribution in [0.4, 0.5) is 0 Å². The summed E-state index contributed by atoms with van der Waals surface area (Å²) in [5.74, 6) is 0.900. The number of hydrogen-bond donors (Lipinski definition) is 0. The molecule has 0 amide bonds. The Balaban J connectivity index is 2.64. The molecule has 1 aliphatic heterocycles. The summed E-state index contributed by atoms with van der Waals surface area (Å²) in [4.78, 5) is 0. The first-order valence-corrected chi connectivity index (χ1v) is 13.0. The molecular weight excluding hydrogens is 264 g/mol. The predicted octanol–water partition coefficient (Wildman–Crippen LogP) is 5.43. The van der Waals surface area contributed by atoms with Crippen LogP contribution in [0.3, 0.4) is 0 Å². The molecule has 1 aliphatic rings. The first-order chi connectivity index (χ1) is 6.56. The van der Waals surface area contributed by atoms with E-state index in [4.69, 9.17) is 10.0 Å². The summed E-state index contributed by atoms with van der Waals surface area (Å²) in [6.45, 7) is 14.2. The van der Waals surface area contributed by atoms with Crippen LogP contribution in [0.25, 0.3) is 0 Å². The van der Waals surface area contributed by atoms with E-state index in [1.165, 1.54) is 23.3 Å². The minimum atomic E-state index is -2.02. The molecular formula is C13H27ClGe. The maximum absolute atomic E-state index is 6.95. The molecule has 2 heteroatoms. The summed E-state index contributed by atoms with van der Waals surface area (Å²) in [6.07, 6.45) is 2.76. The van der Waals surface area contributed by atoms with E-state index in [1.807, 2.05) is 0 Å². The molecule has 0 radical (unpaired) electrons. The zero-order valence-corrected chi connectivity index (χ0v) is 14.1. The van der Waals surface area contributed by atoms with Gasteiger partial charge in [0.25, 0.3) is 0 Å². The van der Waals surface area contributed by atoms with Crippen LogP contribution in [-0.2, 0) is 0 Å². The molecule has 0 aliphatic carbocycles. The van der Waals surface area contributed by atoms with Gasteiger partial charge in [-0.3, -0.25) is 0 Å². The van der Waals surface area contributed by atoms with Crippen molar-refractivity contribution in [2.75, 3.05) is 0 Å². The van der Waals surface area contributed by atoms with Crippen LogP contribution < -0.4 is 0 Å². The molecule has 0 aromatic rings. The van der Waals surface area contributed by atoms with Crippen LogP contribution in [0, 0.1) is 11.3 Å². The Bertz CT molecular complexity index is 214. The Labute approximate surface area is 103 Å². The Morgan fingerprint density at radius 2 is 1.33 bits per heavy atom. The van der Waals surface area contributed by atoms with E-state index in [1.54, 1.807) is 0 Å². The van der Waals surface area contributed by atoms with E-state index in [9.17, 15) is 0 Å². The van der Waals surface area contributed by atoms with E-state index >= 15 is 0 Å². The SMILES string of the molecule is CC(C)(C)C1C[CH2][Ge]([Cl])([C](C)(C)C)[CH2]C1. The van der Waals surface area contributed by atoms with E-state index in [2.05, 4.69) is 41.5 Å². The van der Waals surface area contributed by atoms with Crippen molar-refractivity contribution in [3.05, 3.63) is 0 Å². The van der Waals surface area contributed by atoms with Gasteiger partial charge in [0.1, 0.15) is 0 Å². The number of hydrogen-bond acceptors (Lipinski definition) is 0. The first-order valence-electron chi connectivity index (χ1n) is 6.25. The van der Waals surface area contributed by atoms with Gasteiger partial charge in [-0.15, -0.1) is 0 Å². The van der Waals surface area contributed by atoms with Gasteiger partial charge in [-0.1, -0.05) is 0 Å². The minimum absolute atomic E-state index is 0.421. The third kappa shape index (κ3) is 3.15. The van der Waals surface area contributed by atoms with Crippen molar-refractivity contribution in [3.63, 3.8) is 0 Å². The monoisotopic (exact) mass is 292 g/mol. The Hall–Kier alpha value is 0.833. The van der Waals surface area contributed by atoms with Gasteiger partial charge in [-0.25, -0.2) is 0 Å². The standard InChI is InChI=1S/C13H27ClGe/c1-12(2,3)11-7-9-15(14,10-8-11)13(4,5)6/h11H,7-10H2,1-6H3. The number of rotatable bonds is 0. The molecule has 0 atom stereocenters. The van der Waals surface area contributed by atoms with E-state index in [-0.39, 0.29) is 0 Å². The molecule has 1 rings (SSSR count). The fraction of sp³-hybridized carbons (Fsp3) is 1.00. The Morgan fingerprint density at radius 1 is 0.933 bits per heavy atom. The zero-order valence-electron chi connectivity index (χ0n) is 11.3. The third-order valence-electron chi connectivity index (χ3n) is 4.35. The molecule has 0 nitrogen and oxygen atoms in total. The van der Waals surface area contributed by atoms with Gasteiger partial charge >= 0.3 is 103 Å². The van der Waals surface area contributed by atoms with Crippen molar-refractivity contribution in [1.82, 2.24) is 0 Å². The second-order valence-electron chi connectivity index (χ2n) is 7.36. The van der Waals surface area contributed by atoms with Gasteiger partial charge in [0, 0.05) is 0 Å². The summed E-state index contributed by atoms with van der Waals surface area (Å²) in [6, 6.07) is 0. The molecule has 0 aromatic carbocycles. The van der Waals surface area contributed by atoms with Gasteiger partial charge < -0.3 is 0 Å². The zero-order chi connectivity index (χ0) is 11.9. The third-order valence-corrected chi connectivity index (χ3v) is 19.4. The van der Waals surface area contributed by atoms with Crippen molar-refractivity contribution in [1.29, 1.82) is 0 Å². The summed E-state index contributed by atoms with van der Waals surface area (Å²) < 4.78 is 0.421. The van der Waals surface area contributed by atoms with Crippen molar-refractivity contribution < 1.29 is 0 Å². The van der Waals surface area contributed by atoms with Crippen molar-refractivity contribution in [2.24, 2.45) is 11.3 Å². The van der Waals surface area contributed by atoms with E-state index in [0.29, 0.717) is 9.66 Å². The Morgan fingerprint density at radius 3 is 1.60 bits per heavy atom. The predicted molar refractivity (Wildman–Crippen MR) is 73.1 cm³/mol. The molecule has 0 bridgehead atoms. The summed E-state index contributed by atoms with van der Waals surface area (Å²) in [5, 5.41) is 2.74. The molecule has 0 unspecified atom stereocenters. The molecule has 0 aromatic heterocycles. The average molecular weight is 291 g/mol. The Kier molecular flexibility index (Phi) is 3.94. The van der Waals surface area contributed by atoms with Crippen LogP contribution in [-0.4, -0.2) is 12.3 Å². The topological polar surface area (TPSA) is 0 Å². The first kappa shape index (κ1) is 13.9. The van der Waals surface area contributed by atoms with E-state index in [0.717, 1.165) is 5.92 Å². The van der Waals surface area contributed by atoms with Crippen LogP contribution in [0.5, 0.6) is 0 Å². The van der Waals surface area contributed by atoms with Gasteiger partial charge in [-0.05, 0) is 0 Å². The second-order valence-corrected chi connectivity index (χ2v) is 20.4. The molecule has 1 fully saturated rings. The number of halogens is 1. The second kappa shape index (κ2) is 4.25. The molecule has 1 heterocycles. The summed E-state index contributed by atoms with van der Waals surface area (Å²) in [7, 11) is 6.95. The normalized spacial score (nSPS) is 34.2. The average Bonchev–Trinajstić information content (AvgIpc) is 2.01. The fourth-order valence-corrected chi connectivity index (χ4v) is 10.9. The van der Waals surface area contributed by atoms with Gasteiger partial charge in [0.05, 0.1) is 0 Å². The molecule has 1 saturated heterocycles. The van der Waals surface area contributed by atoms with Gasteiger partial charge in [-0.2, -0.15) is 0 Å². The van der Waals surface area contributed by atoms with Crippen molar-refractivity contribution in [3.8, 4) is 0 Å². The molecule has 0 spiro atoms. The van der Waals surface area contributed by atoms with Crippen LogP contribution in [0.2, 0.25) is 14.8 Å². The molecule has 0 N–H and O–H groups in total. The molecule has 0 saturated carbocycles. The maximum atomic E-state index is 6.95. The summed E-state index contributed by atoms with van der Waals surface area (Å²) >= 11 is -2.02. The van der Waals surface area contributed by atoms with Crippen LogP contribution in [0.1, 0.15) is 54.4 Å². The summed E-state index contributed by atoms with van der Waals surface area (Å²) in [5.41, 5.74) is 0.484. The van der Waals surface area contributed by atoms with Crippen molar-refractivity contribution in [2.45, 2.75) is 69.1 Å². The quantitative estimate of drug-likeness (QED) is 0.522. The van der Waals surface area contributed by atoms with Gasteiger partial charge in [0.2, 0.25) is 0 Å². The van der Waals surface area contributed by atoms with E-state index < -0.39 is 12.3 Å². The molecule has 15 heavy (non-hydrogen) atoms. The van der Waals surface area contributed by atoms with Crippen molar-refractivity contribution >= 4 is 22.3 Å². The van der Waals surface area contributed by atoms with Crippen LogP contribution >= 0.6 is 10.0 Å². The fourth-order valence-electron chi connectivity index (χ4n) is 2.69. The van der Waals surface area contributed by atoms with Crippen LogP contribution in [0.15, 0.2) is 0 Å².